The number of benzene rings is 2. The largest absolute Gasteiger partial charge is 0.348 e. The number of carbonyl (C=O) groups excluding carboxylic acids is 1. The van der Waals surface area contributed by atoms with Crippen molar-refractivity contribution in [1.29, 1.82) is 0 Å². The normalized spacial score (nSPS) is 11.1. The number of hydrogen-bond acceptors (Lipinski definition) is 2. The topological polar surface area (TPSA) is 46.9 Å². The van der Waals surface area contributed by atoms with Crippen molar-refractivity contribution in [3.63, 3.8) is 0 Å². The zero-order valence-corrected chi connectivity index (χ0v) is 17.0. The van der Waals surface area contributed by atoms with Crippen molar-refractivity contribution in [3.05, 3.63) is 93.8 Å². The molecule has 1 heterocycles. The van der Waals surface area contributed by atoms with Gasteiger partial charge in [-0.1, -0.05) is 54.1 Å². The molecular weight excluding hydrogens is 346 g/mol. The molecule has 0 atom stereocenters. The second-order valence-electron chi connectivity index (χ2n) is 7.20. The number of hydrogen-bond donors (Lipinski definition) is 1. The Hall–Kier alpha value is -3.14. The lowest BCUT2D eigenvalue weighted by Crippen LogP contribution is -2.21. The van der Waals surface area contributed by atoms with Gasteiger partial charge in [0, 0.05) is 23.9 Å². The molecule has 0 aliphatic carbocycles. The van der Waals surface area contributed by atoms with Crippen LogP contribution in [0.25, 0.3) is 6.08 Å². The molecule has 3 rings (SSSR count). The van der Waals surface area contributed by atoms with Crippen molar-refractivity contribution in [2.75, 3.05) is 0 Å². The summed E-state index contributed by atoms with van der Waals surface area (Å²) in [5, 5.41) is 7.62. The minimum absolute atomic E-state index is 0.102. The summed E-state index contributed by atoms with van der Waals surface area (Å²) in [5.41, 5.74) is 7.76. The summed E-state index contributed by atoms with van der Waals surface area (Å²) in [6.45, 7) is 9.36. The Bertz CT molecular complexity index is 1000. The van der Waals surface area contributed by atoms with E-state index in [0.717, 1.165) is 34.6 Å². The molecule has 28 heavy (non-hydrogen) atoms. The van der Waals surface area contributed by atoms with Crippen molar-refractivity contribution in [3.8, 4) is 0 Å². The molecule has 1 N–H and O–H groups in total. The smallest absolute Gasteiger partial charge is 0.244 e. The van der Waals surface area contributed by atoms with E-state index in [0.29, 0.717) is 6.54 Å². The van der Waals surface area contributed by atoms with E-state index < -0.39 is 0 Å². The predicted molar refractivity (Wildman–Crippen MR) is 114 cm³/mol. The maximum Gasteiger partial charge on any atom is 0.244 e. The summed E-state index contributed by atoms with van der Waals surface area (Å²) < 4.78 is 2.00. The van der Waals surface area contributed by atoms with Crippen LogP contribution in [0, 0.1) is 27.7 Å². The Balaban J connectivity index is 1.64. The molecule has 144 valence electrons. The fourth-order valence-corrected chi connectivity index (χ4v) is 3.31. The van der Waals surface area contributed by atoms with Crippen molar-refractivity contribution < 1.29 is 4.79 Å². The zero-order chi connectivity index (χ0) is 20.1. The fraction of sp³-hybridized carbons (Fsp3) is 0.250. The van der Waals surface area contributed by atoms with Crippen molar-refractivity contribution in [2.45, 2.75) is 40.8 Å². The van der Waals surface area contributed by atoms with E-state index in [2.05, 4.69) is 55.5 Å². The van der Waals surface area contributed by atoms with Crippen LogP contribution < -0.4 is 5.32 Å². The second kappa shape index (κ2) is 8.70. The van der Waals surface area contributed by atoms with Gasteiger partial charge in [0.2, 0.25) is 5.91 Å². The van der Waals surface area contributed by atoms with Gasteiger partial charge in [-0.2, -0.15) is 5.10 Å². The number of nitrogens with one attached hydrogen (secondary N) is 1. The zero-order valence-electron chi connectivity index (χ0n) is 17.0. The molecule has 4 heteroatoms. The summed E-state index contributed by atoms with van der Waals surface area (Å²) in [4.78, 5) is 12.3. The molecule has 0 aliphatic rings. The first-order valence-corrected chi connectivity index (χ1v) is 9.54. The highest BCUT2D eigenvalue weighted by atomic mass is 16.1. The molecule has 1 amide bonds. The van der Waals surface area contributed by atoms with E-state index in [4.69, 9.17) is 0 Å². The molecule has 0 bridgehead atoms. The van der Waals surface area contributed by atoms with Crippen LogP contribution >= 0.6 is 0 Å². The van der Waals surface area contributed by atoms with Gasteiger partial charge < -0.3 is 5.32 Å². The average molecular weight is 374 g/mol. The van der Waals surface area contributed by atoms with E-state index in [1.807, 2.05) is 41.9 Å². The molecule has 0 radical (unpaired) electrons. The maximum absolute atomic E-state index is 12.3. The lowest BCUT2D eigenvalue weighted by molar-refractivity contribution is -0.116. The summed E-state index contributed by atoms with van der Waals surface area (Å²) in [5.74, 6) is -0.102. The van der Waals surface area contributed by atoms with Crippen molar-refractivity contribution in [2.24, 2.45) is 0 Å². The van der Waals surface area contributed by atoms with Gasteiger partial charge in [0.1, 0.15) is 0 Å². The minimum Gasteiger partial charge on any atom is -0.348 e. The van der Waals surface area contributed by atoms with Gasteiger partial charge in [-0.3, -0.25) is 9.48 Å². The first kappa shape index (κ1) is 19.6. The lowest BCUT2D eigenvalue weighted by atomic mass is 10.1. The lowest BCUT2D eigenvalue weighted by Gasteiger charge is -2.06. The molecule has 0 spiro atoms. The number of rotatable bonds is 6. The SMILES string of the molecule is Cc1ccc(/C=C/C(=O)NCc2c(C)nn(Cc3ccccc3)c2C)c(C)c1. The fourth-order valence-electron chi connectivity index (χ4n) is 3.31. The van der Waals surface area contributed by atoms with Gasteiger partial charge >= 0.3 is 0 Å². The van der Waals surface area contributed by atoms with Gasteiger partial charge in [-0.25, -0.2) is 0 Å². The van der Waals surface area contributed by atoms with Gasteiger partial charge in [-0.05, 0) is 50.5 Å². The van der Waals surface area contributed by atoms with Crippen LogP contribution in [0.2, 0.25) is 0 Å². The van der Waals surface area contributed by atoms with Crippen LogP contribution in [0.4, 0.5) is 0 Å². The van der Waals surface area contributed by atoms with E-state index >= 15 is 0 Å². The van der Waals surface area contributed by atoms with Crippen molar-refractivity contribution in [1.82, 2.24) is 15.1 Å². The molecular formula is C24H27N3O. The third-order valence-corrected chi connectivity index (χ3v) is 4.99. The number of amides is 1. The Morgan fingerprint density at radius 2 is 1.82 bits per heavy atom. The Kier molecular flexibility index (Phi) is 6.09. The number of carbonyl (C=O) groups is 1. The molecule has 0 aliphatic heterocycles. The molecule has 0 fully saturated rings. The van der Waals surface area contributed by atoms with Crippen LogP contribution in [0.1, 0.15) is 39.2 Å². The van der Waals surface area contributed by atoms with Crippen LogP contribution in [0.5, 0.6) is 0 Å². The standard InChI is InChI=1S/C24H27N3O/c1-17-10-11-22(18(2)14-17)12-13-24(28)25-15-23-19(3)26-27(20(23)4)16-21-8-6-5-7-9-21/h5-14H,15-16H2,1-4H3,(H,25,28)/b13-12+. The van der Waals surface area contributed by atoms with E-state index in [-0.39, 0.29) is 5.91 Å². The molecule has 0 unspecified atom stereocenters. The predicted octanol–water partition coefficient (Wildman–Crippen LogP) is 4.49. The molecule has 4 nitrogen and oxygen atoms in total. The van der Waals surface area contributed by atoms with Gasteiger partial charge in [-0.15, -0.1) is 0 Å². The molecule has 0 saturated heterocycles. The number of nitrogens with zero attached hydrogens (tertiary/aromatic N) is 2. The summed E-state index contributed by atoms with van der Waals surface area (Å²) in [7, 11) is 0. The number of aromatic nitrogens is 2. The van der Waals surface area contributed by atoms with Crippen LogP contribution in [0.15, 0.2) is 54.6 Å². The van der Waals surface area contributed by atoms with Gasteiger partial charge in [0.05, 0.1) is 12.2 Å². The molecule has 2 aromatic carbocycles. The molecule has 1 aromatic heterocycles. The third-order valence-electron chi connectivity index (χ3n) is 4.99. The Morgan fingerprint density at radius 3 is 2.54 bits per heavy atom. The van der Waals surface area contributed by atoms with E-state index in [1.165, 1.54) is 11.1 Å². The highest BCUT2D eigenvalue weighted by Crippen LogP contribution is 2.15. The van der Waals surface area contributed by atoms with Gasteiger partial charge in [0.25, 0.3) is 0 Å². The minimum atomic E-state index is -0.102. The van der Waals surface area contributed by atoms with Gasteiger partial charge in [0.15, 0.2) is 0 Å². The van der Waals surface area contributed by atoms with Crippen LogP contribution in [0.3, 0.4) is 0 Å². The van der Waals surface area contributed by atoms with Crippen LogP contribution in [-0.2, 0) is 17.9 Å². The summed E-state index contributed by atoms with van der Waals surface area (Å²) in [6.07, 6.45) is 3.46. The second-order valence-corrected chi connectivity index (χ2v) is 7.20. The maximum atomic E-state index is 12.3. The first-order chi connectivity index (χ1) is 13.4. The highest BCUT2D eigenvalue weighted by molar-refractivity contribution is 5.91. The average Bonchev–Trinajstić information content (AvgIpc) is 2.93. The quantitative estimate of drug-likeness (QED) is 0.647. The molecule has 0 saturated carbocycles. The van der Waals surface area contributed by atoms with Crippen molar-refractivity contribution >= 4 is 12.0 Å². The summed E-state index contributed by atoms with van der Waals surface area (Å²) >= 11 is 0. The molecule has 3 aromatic rings. The summed E-state index contributed by atoms with van der Waals surface area (Å²) in [6, 6.07) is 16.5. The number of aryl methyl sites for hydroxylation is 3. The first-order valence-electron chi connectivity index (χ1n) is 9.54. The van der Waals surface area contributed by atoms with E-state index in [1.54, 1.807) is 6.08 Å². The Labute approximate surface area is 166 Å². The third kappa shape index (κ3) is 4.77. The highest BCUT2D eigenvalue weighted by Gasteiger charge is 2.12. The van der Waals surface area contributed by atoms with Crippen LogP contribution in [-0.4, -0.2) is 15.7 Å². The monoisotopic (exact) mass is 373 g/mol. The van der Waals surface area contributed by atoms with E-state index in [9.17, 15) is 4.79 Å². The Morgan fingerprint density at radius 1 is 1.07 bits per heavy atom.